The number of hydrogen-bond donors (Lipinski definition) is 2. The first-order valence-electron chi connectivity index (χ1n) is 9.07. The maximum Gasteiger partial charge on any atom is 0.293 e. The molecule has 1 amide bonds. The summed E-state index contributed by atoms with van der Waals surface area (Å²) in [5.74, 6) is 0.377. The number of aryl methyl sites for hydroxylation is 2. The van der Waals surface area contributed by atoms with E-state index in [1.165, 1.54) is 5.56 Å². The molecule has 0 aliphatic carbocycles. The van der Waals surface area contributed by atoms with Gasteiger partial charge in [0.1, 0.15) is 5.82 Å². The average Bonchev–Trinajstić information content (AvgIpc) is 2.69. The van der Waals surface area contributed by atoms with Crippen molar-refractivity contribution >= 4 is 34.0 Å². The molecular formula is C23H20N4O. The first-order valence-corrected chi connectivity index (χ1v) is 9.07. The molecule has 1 aromatic heterocycles. The van der Waals surface area contributed by atoms with Crippen molar-refractivity contribution in [3.63, 3.8) is 0 Å². The monoisotopic (exact) mass is 368 g/mol. The molecular weight excluding hydrogens is 348 g/mol. The number of nitrogens with zero attached hydrogens (tertiary/aromatic N) is 2. The Hall–Kier alpha value is -3.73. The van der Waals surface area contributed by atoms with Crippen LogP contribution >= 0.6 is 0 Å². The van der Waals surface area contributed by atoms with Crippen LogP contribution < -0.4 is 10.6 Å². The maximum absolute atomic E-state index is 12.8. The first-order chi connectivity index (χ1) is 13.6. The van der Waals surface area contributed by atoms with Gasteiger partial charge in [0.05, 0.1) is 5.52 Å². The van der Waals surface area contributed by atoms with E-state index in [9.17, 15) is 4.79 Å². The Balaban J connectivity index is 1.70. The van der Waals surface area contributed by atoms with Crippen LogP contribution in [0.5, 0.6) is 0 Å². The van der Waals surface area contributed by atoms with Crippen molar-refractivity contribution < 1.29 is 4.79 Å². The predicted octanol–water partition coefficient (Wildman–Crippen LogP) is 5.24. The minimum atomic E-state index is -0.344. The van der Waals surface area contributed by atoms with Crippen molar-refractivity contribution in [2.45, 2.75) is 13.8 Å². The highest BCUT2D eigenvalue weighted by molar-refractivity contribution is 6.04. The van der Waals surface area contributed by atoms with E-state index in [0.717, 1.165) is 22.3 Å². The zero-order valence-electron chi connectivity index (χ0n) is 15.7. The molecule has 5 nitrogen and oxygen atoms in total. The Kier molecular flexibility index (Phi) is 4.72. The van der Waals surface area contributed by atoms with Gasteiger partial charge in [0.2, 0.25) is 5.82 Å². The van der Waals surface area contributed by atoms with Gasteiger partial charge in [-0.05, 0) is 55.8 Å². The van der Waals surface area contributed by atoms with Gasteiger partial charge in [0.15, 0.2) is 0 Å². The van der Waals surface area contributed by atoms with Crippen molar-refractivity contribution in [1.29, 1.82) is 0 Å². The standard InChI is InChI=1S/C23H20N4O/c1-15-10-12-17(13-11-15)24-21-19-8-3-4-9-20(19)26-22(27-21)23(28)25-18-7-5-6-16(2)14-18/h3-14H,1-2H3,(H,25,28)(H,24,26,27). The Bertz CT molecular complexity index is 1150. The first kappa shape index (κ1) is 17.7. The lowest BCUT2D eigenvalue weighted by molar-refractivity contribution is 0.101. The SMILES string of the molecule is Cc1ccc(Nc2nc(C(=O)Nc3cccc(C)c3)nc3ccccc23)cc1. The summed E-state index contributed by atoms with van der Waals surface area (Å²) in [5, 5.41) is 7.04. The molecule has 0 saturated heterocycles. The van der Waals surface area contributed by atoms with Gasteiger partial charge in [-0.1, -0.05) is 42.0 Å². The van der Waals surface area contributed by atoms with E-state index in [0.29, 0.717) is 11.3 Å². The second-order valence-corrected chi connectivity index (χ2v) is 6.73. The Morgan fingerprint density at radius 3 is 2.36 bits per heavy atom. The highest BCUT2D eigenvalue weighted by Crippen LogP contribution is 2.24. The summed E-state index contributed by atoms with van der Waals surface area (Å²) < 4.78 is 0. The number of carbonyl (C=O) groups is 1. The maximum atomic E-state index is 12.8. The molecule has 0 saturated carbocycles. The van der Waals surface area contributed by atoms with Crippen LogP contribution in [-0.2, 0) is 0 Å². The number of benzene rings is 3. The summed E-state index contributed by atoms with van der Waals surface area (Å²) in [4.78, 5) is 21.7. The molecule has 0 aliphatic heterocycles. The molecule has 3 aromatic carbocycles. The van der Waals surface area contributed by atoms with E-state index in [4.69, 9.17) is 0 Å². The lowest BCUT2D eigenvalue weighted by Crippen LogP contribution is -2.16. The van der Waals surface area contributed by atoms with Crippen LogP contribution in [0.2, 0.25) is 0 Å². The number of aromatic nitrogens is 2. The number of hydrogen-bond acceptors (Lipinski definition) is 4. The minimum Gasteiger partial charge on any atom is -0.340 e. The summed E-state index contributed by atoms with van der Waals surface area (Å²) >= 11 is 0. The number of para-hydroxylation sites is 1. The third kappa shape index (κ3) is 3.83. The largest absolute Gasteiger partial charge is 0.340 e. The molecule has 0 bridgehead atoms. The summed E-state index contributed by atoms with van der Waals surface area (Å²) in [7, 11) is 0. The highest BCUT2D eigenvalue weighted by Gasteiger charge is 2.14. The average molecular weight is 368 g/mol. The molecule has 0 atom stereocenters. The topological polar surface area (TPSA) is 66.9 Å². The fourth-order valence-corrected chi connectivity index (χ4v) is 2.96. The van der Waals surface area contributed by atoms with E-state index in [1.54, 1.807) is 0 Å². The fraction of sp³-hybridized carbons (Fsp3) is 0.0870. The molecule has 0 unspecified atom stereocenters. The van der Waals surface area contributed by atoms with Gasteiger partial charge >= 0.3 is 0 Å². The lowest BCUT2D eigenvalue weighted by atomic mass is 10.2. The summed E-state index contributed by atoms with van der Waals surface area (Å²) in [6, 6.07) is 23.3. The normalized spacial score (nSPS) is 10.6. The molecule has 0 spiro atoms. The van der Waals surface area contributed by atoms with E-state index < -0.39 is 0 Å². The lowest BCUT2D eigenvalue weighted by Gasteiger charge is -2.11. The van der Waals surface area contributed by atoms with Crippen molar-refractivity contribution in [1.82, 2.24) is 9.97 Å². The van der Waals surface area contributed by atoms with Gasteiger partial charge < -0.3 is 10.6 Å². The zero-order chi connectivity index (χ0) is 19.5. The van der Waals surface area contributed by atoms with E-state index in [2.05, 4.69) is 20.6 Å². The second kappa shape index (κ2) is 7.48. The van der Waals surface area contributed by atoms with E-state index in [-0.39, 0.29) is 11.7 Å². The van der Waals surface area contributed by atoms with Gasteiger partial charge in [-0.3, -0.25) is 4.79 Å². The quantitative estimate of drug-likeness (QED) is 0.517. The van der Waals surface area contributed by atoms with Gasteiger partial charge in [-0.2, -0.15) is 0 Å². The number of nitrogens with one attached hydrogen (secondary N) is 2. The van der Waals surface area contributed by atoms with Crippen molar-refractivity contribution in [2.75, 3.05) is 10.6 Å². The number of anilines is 3. The molecule has 2 N–H and O–H groups in total. The molecule has 1 heterocycles. The summed E-state index contributed by atoms with van der Waals surface area (Å²) in [6.07, 6.45) is 0. The summed E-state index contributed by atoms with van der Waals surface area (Å²) in [6.45, 7) is 4.02. The molecule has 28 heavy (non-hydrogen) atoms. The number of fused-ring (bicyclic) bond motifs is 1. The number of carbonyl (C=O) groups excluding carboxylic acids is 1. The number of amides is 1. The summed E-state index contributed by atoms with van der Waals surface area (Å²) in [5.41, 5.74) is 4.58. The zero-order valence-corrected chi connectivity index (χ0v) is 15.7. The smallest absolute Gasteiger partial charge is 0.293 e. The Morgan fingerprint density at radius 1 is 0.786 bits per heavy atom. The van der Waals surface area contributed by atoms with Crippen LogP contribution in [0, 0.1) is 13.8 Å². The molecule has 0 fully saturated rings. The van der Waals surface area contributed by atoms with Crippen molar-refractivity contribution in [3.05, 3.63) is 89.7 Å². The van der Waals surface area contributed by atoms with Gasteiger partial charge in [0.25, 0.3) is 5.91 Å². The van der Waals surface area contributed by atoms with Gasteiger partial charge in [-0.25, -0.2) is 9.97 Å². The van der Waals surface area contributed by atoms with Crippen LogP contribution in [0.25, 0.3) is 10.9 Å². The van der Waals surface area contributed by atoms with Gasteiger partial charge in [0, 0.05) is 16.8 Å². The van der Waals surface area contributed by atoms with Crippen LogP contribution in [0.4, 0.5) is 17.2 Å². The second-order valence-electron chi connectivity index (χ2n) is 6.73. The van der Waals surface area contributed by atoms with Crippen LogP contribution in [0.3, 0.4) is 0 Å². The van der Waals surface area contributed by atoms with Crippen molar-refractivity contribution in [3.8, 4) is 0 Å². The van der Waals surface area contributed by atoms with Crippen LogP contribution in [0.1, 0.15) is 21.7 Å². The molecule has 4 aromatic rings. The predicted molar refractivity (Wildman–Crippen MR) is 113 cm³/mol. The fourth-order valence-electron chi connectivity index (χ4n) is 2.96. The number of rotatable bonds is 4. The van der Waals surface area contributed by atoms with Crippen molar-refractivity contribution in [2.24, 2.45) is 0 Å². The Morgan fingerprint density at radius 2 is 1.57 bits per heavy atom. The Labute approximate surface area is 163 Å². The third-order valence-corrected chi connectivity index (χ3v) is 4.40. The molecule has 0 radical (unpaired) electrons. The highest BCUT2D eigenvalue weighted by atomic mass is 16.2. The molecule has 138 valence electrons. The van der Waals surface area contributed by atoms with Crippen LogP contribution in [-0.4, -0.2) is 15.9 Å². The van der Waals surface area contributed by atoms with E-state index in [1.807, 2.05) is 86.6 Å². The molecule has 0 aliphatic rings. The molecule has 5 heteroatoms. The van der Waals surface area contributed by atoms with E-state index >= 15 is 0 Å². The minimum absolute atomic E-state index is 0.120. The molecule has 4 rings (SSSR count). The third-order valence-electron chi connectivity index (χ3n) is 4.40. The van der Waals surface area contributed by atoms with Crippen LogP contribution in [0.15, 0.2) is 72.8 Å². The van der Waals surface area contributed by atoms with Gasteiger partial charge in [-0.15, -0.1) is 0 Å².